The minimum absolute atomic E-state index is 0.0291. The number of fused-ring (bicyclic) bond motifs is 1. The predicted octanol–water partition coefficient (Wildman–Crippen LogP) is 6.45. The Morgan fingerprint density at radius 2 is 1.50 bits per heavy atom. The molecule has 0 fully saturated rings. The van der Waals surface area contributed by atoms with Gasteiger partial charge in [-0.25, -0.2) is 8.78 Å². The molecule has 0 aliphatic rings. The molecule has 5 heteroatoms. The molecule has 160 valence electrons. The van der Waals surface area contributed by atoms with Crippen LogP contribution in [0.4, 0.5) is 8.78 Å². The van der Waals surface area contributed by atoms with Crippen LogP contribution >= 0.6 is 0 Å². The van der Waals surface area contributed by atoms with Gasteiger partial charge in [-0.15, -0.1) is 0 Å². The molecule has 0 saturated heterocycles. The molecule has 1 atom stereocenters. The minimum Gasteiger partial charge on any atom is -0.507 e. The van der Waals surface area contributed by atoms with Crippen LogP contribution in [-0.4, -0.2) is 16.7 Å². The molecule has 1 unspecified atom stereocenters. The van der Waals surface area contributed by atoms with Crippen LogP contribution in [0, 0.1) is 11.6 Å². The highest BCUT2D eigenvalue weighted by atomic mass is 19.2. The zero-order valence-electron chi connectivity index (χ0n) is 17.1. The molecule has 4 rings (SSSR count). The van der Waals surface area contributed by atoms with Crippen molar-refractivity contribution in [1.82, 2.24) is 0 Å². The molecule has 0 bridgehead atoms. The van der Waals surface area contributed by atoms with Gasteiger partial charge in [-0.2, -0.15) is 0 Å². The monoisotopic (exact) mass is 430 g/mol. The third kappa shape index (κ3) is 4.42. The van der Waals surface area contributed by atoms with Gasteiger partial charge in [0.2, 0.25) is 0 Å². The van der Waals surface area contributed by atoms with Crippen molar-refractivity contribution in [2.75, 3.05) is 0 Å². The highest BCUT2D eigenvalue weighted by Crippen LogP contribution is 2.31. The summed E-state index contributed by atoms with van der Waals surface area (Å²) >= 11 is 0. The van der Waals surface area contributed by atoms with E-state index >= 15 is 0 Å². The zero-order valence-corrected chi connectivity index (χ0v) is 17.1. The Morgan fingerprint density at radius 3 is 2.25 bits per heavy atom. The Hall–Kier alpha value is -3.86. The highest BCUT2D eigenvalue weighted by molar-refractivity contribution is 6.04. The largest absolute Gasteiger partial charge is 0.507 e. The van der Waals surface area contributed by atoms with Crippen molar-refractivity contribution in [1.29, 1.82) is 0 Å². The maximum absolute atomic E-state index is 13.9. The number of phenolic OH excluding ortho intramolecular Hbond substituents is 1. The fourth-order valence-electron chi connectivity index (χ4n) is 3.83. The first-order chi connectivity index (χ1) is 15.4. The van der Waals surface area contributed by atoms with Crippen LogP contribution in [0.1, 0.15) is 45.0 Å². The maximum Gasteiger partial charge on any atom is 0.174 e. The second kappa shape index (κ2) is 9.10. The number of phenols is 1. The molecule has 4 aromatic carbocycles. The fourth-order valence-corrected chi connectivity index (χ4v) is 3.83. The van der Waals surface area contributed by atoms with E-state index in [1.807, 2.05) is 30.3 Å². The van der Waals surface area contributed by atoms with Crippen LogP contribution in [-0.2, 0) is 0 Å². The Bertz CT molecular complexity index is 1310. The van der Waals surface area contributed by atoms with E-state index in [4.69, 9.17) is 0 Å². The topological polar surface area (TPSA) is 54.4 Å². The van der Waals surface area contributed by atoms with E-state index in [2.05, 4.69) is 0 Å². The lowest BCUT2D eigenvalue weighted by atomic mass is 9.85. The number of Topliss-reactive ketones (excluding diaryl/α,β-unsaturated/α-hetero) is 2. The van der Waals surface area contributed by atoms with Gasteiger partial charge in [0.15, 0.2) is 23.2 Å². The number of carbonyl (C=O) groups excluding carboxylic acids is 2. The van der Waals surface area contributed by atoms with Gasteiger partial charge < -0.3 is 5.11 Å². The molecule has 3 nitrogen and oxygen atoms in total. The summed E-state index contributed by atoms with van der Waals surface area (Å²) < 4.78 is 27.4. The lowest BCUT2D eigenvalue weighted by molar-refractivity contribution is 0.0934. The number of carbonyl (C=O) groups is 2. The molecule has 0 amide bonds. The second-order valence-corrected chi connectivity index (χ2v) is 7.63. The zero-order chi connectivity index (χ0) is 22.7. The Morgan fingerprint density at radius 1 is 0.781 bits per heavy atom. The molecule has 0 radical (unpaired) electrons. The molecule has 0 aromatic heterocycles. The van der Waals surface area contributed by atoms with Crippen LogP contribution < -0.4 is 0 Å². The molecule has 4 aromatic rings. The van der Waals surface area contributed by atoms with E-state index < -0.39 is 23.3 Å². The third-order valence-electron chi connectivity index (χ3n) is 5.56. The summed E-state index contributed by atoms with van der Waals surface area (Å²) in [5.41, 5.74) is 0.839. The van der Waals surface area contributed by atoms with Crippen LogP contribution in [0.15, 0.2) is 84.9 Å². The van der Waals surface area contributed by atoms with Crippen molar-refractivity contribution in [3.8, 4) is 5.75 Å². The Labute approximate surface area is 184 Å². The van der Waals surface area contributed by atoms with Crippen molar-refractivity contribution in [2.45, 2.75) is 18.8 Å². The van der Waals surface area contributed by atoms with Gasteiger partial charge in [-0.1, -0.05) is 54.6 Å². The average Bonchev–Trinajstić information content (AvgIpc) is 2.81. The van der Waals surface area contributed by atoms with Crippen LogP contribution in [0.2, 0.25) is 0 Å². The number of aromatic hydroxyl groups is 1. The van der Waals surface area contributed by atoms with Gasteiger partial charge >= 0.3 is 0 Å². The number of hydrogen-bond donors (Lipinski definition) is 1. The van der Waals surface area contributed by atoms with Gasteiger partial charge in [-0.05, 0) is 53.1 Å². The average molecular weight is 430 g/mol. The fraction of sp³-hybridized carbons (Fsp3) is 0.111. The van der Waals surface area contributed by atoms with Crippen LogP contribution in [0.25, 0.3) is 10.8 Å². The van der Waals surface area contributed by atoms with Crippen molar-refractivity contribution in [2.24, 2.45) is 0 Å². The quantitative estimate of drug-likeness (QED) is 0.343. The minimum atomic E-state index is -1.07. The number of hydrogen-bond acceptors (Lipinski definition) is 3. The summed E-state index contributed by atoms with van der Waals surface area (Å²) in [5.74, 6) is -3.82. The first kappa shape index (κ1) is 21.4. The lowest BCUT2D eigenvalue weighted by Crippen LogP contribution is -2.15. The van der Waals surface area contributed by atoms with Gasteiger partial charge in [0.05, 0.1) is 5.56 Å². The summed E-state index contributed by atoms with van der Waals surface area (Å²) in [6.45, 7) is 0. The normalized spacial score (nSPS) is 11.9. The van der Waals surface area contributed by atoms with Gasteiger partial charge in [0.25, 0.3) is 0 Å². The van der Waals surface area contributed by atoms with Crippen molar-refractivity contribution < 1.29 is 23.5 Å². The molecule has 0 heterocycles. The maximum atomic E-state index is 13.9. The van der Waals surface area contributed by atoms with Gasteiger partial charge in [0.1, 0.15) is 5.75 Å². The third-order valence-corrected chi connectivity index (χ3v) is 5.56. The summed E-state index contributed by atoms with van der Waals surface area (Å²) in [7, 11) is 0. The number of halogens is 2. The summed E-state index contributed by atoms with van der Waals surface area (Å²) in [4.78, 5) is 26.1. The smallest absolute Gasteiger partial charge is 0.174 e. The molecule has 0 aliphatic heterocycles. The van der Waals surface area contributed by atoms with Crippen LogP contribution in [0.5, 0.6) is 5.75 Å². The predicted molar refractivity (Wildman–Crippen MR) is 119 cm³/mol. The molecular formula is C27H20F2O3. The summed E-state index contributed by atoms with van der Waals surface area (Å²) in [6, 6.07) is 22.4. The SMILES string of the molecule is O=C(CCC(C(=O)c1ccccc1O)c1ccc(F)c(F)c1)c1ccc2ccccc2c1. The van der Waals surface area contributed by atoms with E-state index in [0.717, 1.165) is 22.9 Å². The standard InChI is InChI=1S/C27H20F2O3/c28-23-13-11-19(16-24(23)29)21(27(32)22-7-3-4-8-26(22)31)12-14-25(30)20-10-9-17-5-1-2-6-18(17)15-20/h1-11,13,15-16,21,31H,12,14H2. The van der Waals surface area contributed by atoms with Crippen molar-refractivity contribution in [3.63, 3.8) is 0 Å². The van der Waals surface area contributed by atoms with E-state index in [-0.39, 0.29) is 35.5 Å². The van der Waals surface area contributed by atoms with Gasteiger partial charge in [-0.3, -0.25) is 9.59 Å². The van der Waals surface area contributed by atoms with E-state index in [1.54, 1.807) is 24.3 Å². The lowest BCUT2D eigenvalue weighted by Gasteiger charge is -2.17. The molecule has 0 saturated carbocycles. The number of ketones is 2. The molecule has 32 heavy (non-hydrogen) atoms. The summed E-state index contributed by atoms with van der Waals surface area (Å²) in [5, 5.41) is 12.1. The second-order valence-electron chi connectivity index (χ2n) is 7.63. The number of para-hydroxylation sites is 1. The Balaban J connectivity index is 1.62. The molecular weight excluding hydrogens is 410 g/mol. The summed E-state index contributed by atoms with van der Waals surface area (Å²) in [6.07, 6.45) is 0.116. The van der Waals surface area contributed by atoms with Gasteiger partial charge in [0, 0.05) is 17.9 Å². The van der Waals surface area contributed by atoms with Crippen molar-refractivity contribution >= 4 is 22.3 Å². The number of rotatable bonds is 7. The Kier molecular flexibility index (Phi) is 6.08. The van der Waals surface area contributed by atoms with E-state index in [1.165, 1.54) is 18.2 Å². The van der Waals surface area contributed by atoms with Crippen LogP contribution in [0.3, 0.4) is 0 Å². The molecule has 1 N–H and O–H groups in total. The number of benzene rings is 4. The van der Waals surface area contributed by atoms with E-state index in [0.29, 0.717) is 5.56 Å². The first-order valence-corrected chi connectivity index (χ1v) is 10.2. The molecule has 0 aliphatic carbocycles. The van der Waals surface area contributed by atoms with E-state index in [9.17, 15) is 23.5 Å². The first-order valence-electron chi connectivity index (χ1n) is 10.2. The highest BCUT2D eigenvalue weighted by Gasteiger charge is 2.26. The van der Waals surface area contributed by atoms with Crippen molar-refractivity contribution in [3.05, 3.63) is 113 Å². The molecule has 0 spiro atoms.